The zero-order chi connectivity index (χ0) is 13.9. The Bertz CT molecular complexity index is 522. The molecule has 0 radical (unpaired) electrons. The SMILES string of the molecule is OC(CCn1cc(C(F)(F)F)cn1)c1ccccc1. The van der Waals surface area contributed by atoms with Gasteiger partial charge in [0.25, 0.3) is 0 Å². The van der Waals surface area contributed by atoms with Crippen molar-refractivity contribution in [3.05, 3.63) is 53.9 Å². The molecule has 3 nitrogen and oxygen atoms in total. The highest BCUT2D eigenvalue weighted by atomic mass is 19.4. The van der Waals surface area contributed by atoms with Crippen molar-refractivity contribution in [1.29, 1.82) is 0 Å². The second-order valence-corrected chi connectivity index (χ2v) is 4.20. The number of hydrogen-bond acceptors (Lipinski definition) is 2. The van der Waals surface area contributed by atoms with Gasteiger partial charge in [-0.2, -0.15) is 18.3 Å². The fraction of sp³-hybridized carbons (Fsp3) is 0.308. The molecule has 2 rings (SSSR count). The van der Waals surface area contributed by atoms with Gasteiger partial charge in [0.1, 0.15) is 0 Å². The fourth-order valence-electron chi connectivity index (χ4n) is 1.73. The Hall–Kier alpha value is -1.82. The van der Waals surface area contributed by atoms with Crippen LogP contribution in [0.1, 0.15) is 23.7 Å². The number of rotatable bonds is 4. The number of aliphatic hydroxyl groups excluding tert-OH is 1. The van der Waals surface area contributed by atoms with Crippen LogP contribution in [0.3, 0.4) is 0 Å². The topological polar surface area (TPSA) is 38.0 Å². The van der Waals surface area contributed by atoms with Gasteiger partial charge in [0.15, 0.2) is 0 Å². The molecule has 0 aliphatic carbocycles. The monoisotopic (exact) mass is 270 g/mol. The summed E-state index contributed by atoms with van der Waals surface area (Å²) >= 11 is 0. The lowest BCUT2D eigenvalue weighted by Gasteiger charge is -2.10. The minimum atomic E-state index is -4.38. The van der Waals surface area contributed by atoms with Crippen molar-refractivity contribution >= 4 is 0 Å². The molecule has 6 heteroatoms. The van der Waals surface area contributed by atoms with Gasteiger partial charge in [0.05, 0.1) is 17.9 Å². The van der Waals surface area contributed by atoms with Crippen molar-refractivity contribution in [3.8, 4) is 0 Å². The van der Waals surface area contributed by atoms with Crippen LogP contribution in [0.2, 0.25) is 0 Å². The first kappa shape index (κ1) is 13.6. The molecule has 1 unspecified atom stereocenters. The summed E-state index contributed by atoms with van der Waals surface area (Å²) in [6.07, 6.45) is -3.05. The molecule has 102 valence electrons. The summed E-state index contributed by atoms with van der Waals surface area (Å²) < 4.78 is 38.3. The zero-order valence-corrected chi connectivity index (χ0v) is 10.0. The van der Waals surface area contributed by atoms with Gasteiger partial charge in [-0.1, -0.05) is 30.3 Å². The molecular formula is C13H13F3N2O. The molecule has 1 aromatic carbocycles. The van der Waals surface area contributed by atoms with Crippen LogP contribution in [0.4, 0.5) is 13.2 Å². The molecule has 1 atom stereocenters. The highest BCUT2D eigenvalue weighted by molar-refractivity contribution is 5.17. The van der Waals surface area contributed by atoms with Crippen molar-refractivity contribution in [2.45, 2.75) is 25.2 Å². The zero-order valence-electron chi connectivity index (χ0n) is 10.0. The maximum Gasteiger partial charge on any atom is 0.419 e. The molecule has 1 N–H and O–H groups in total. The molecule has 2 aromatic rings. The third kappa shape index (κ3) is 3.57. The van der Waals surface area contributed by atoms with Crippen LogP contribution in [-0.2, 0) is 12.7 Å². The van der Waals surface area contributed by atoms with E-state index >= 15 is 0 Å². The number of aryl methyl sites for hydroxylation is 1. The molecule has 0 spiro atoms. The Balaban J connectivity index is 1.94. The smallest absolute Gasteiger partial charge is 0.388 e. The number of halogens is 3. The molecule has 1 aromatic heterocycles. The van der Waals surface area contributed by atoms with E-state index in [2.05, 4.69) is 5.10 Å². The third-order valence-corrected chi connectivity index (χ3v) is 2.78. The van der Waals surface area contributed by atoms with E-state index < -0.39 is 17.8 Å². The lowest BCUT2D eigenvalue weighted by molar-refractivity contribution is -0.137. The van der Waals surface area contributed by atoms with Crippen LogP contribution >= 0.6 is 0 Å². The second kappa shape index (κ2) is 5.44. The van der Waals surface area contributed by atoms with E-state index in [9.17, 15) is 18.3 Å². The van der Waals surface area contributed by atoms with E-state index in [0.29, 0.717) is 6.42 Å². The largest absolute Gasteiger partial charge is 0.419 e. The summed E-state index contributed by atoms with van der Waals surface area (Å²) in [6.45, 7) is 0.228. The maximum absolute atomic E-state index is 12.4. The minimum absolute atomic E-state index is 0.228. The van der Waals surface area contributed by atoms with Crippen molar-refractivity contribution < 1.29 is 18.3 Å². The van der Waals surface area contributed by atoms with Crippen molar-refractivity contribution in [3.63, 3.8) is 0 Å². The van der Waals surface area contributed by atoms with Gasteiger partial charge in [-0.3, -0.25) is 4.68 Å². The highest BCUT2D eigenvalue weighted by Gasteiger charge is 2.32. The normalized spacial score (nSPS) is 13.5. The van der Waals surface area contributed by atoms with Crippen molar-refractivity contribution in [2.75, 3.05) is 0 Å². The first-order valence-electron chi connectivity index (χ1n) is 5.79. The molecule has 0 aliphatic rings. The predicted molar refractivity (Wildman–Crippen MR) is 63.2 cm³/mol. The van der Waals surface area contributed by atoms with E-state index in [1.54, 1.807) is 24.3 Å². The van der Waals surface area contributed by atoms with Gasteiger partial charge < -0.3 is 5.11 Å². The molecule has 0 saturated heterocycles. The van der Waals surface area contributed by atoms with Crippen molar-refractivity contribution in [2.24, 2.45) is 0 Å². The molecule has 0 saturated carbocycles. The second-order valence-electron chi connectivity index (χ2n) is 4.20. The quantitative estimate of drug-likeness (QED) is 0.927. The van der Waals surface area contributed by atoms with E-state index in [4.69, 9.17) is 0 Å². The lowest BCUT2D eigenvalue weighted by atomic mass is 10.1. The van der Waals surface area contributed by atoms with Gasteiger partial charge in [0.2, 0.25) is 0 Å². The van der Waals surface area contributed by atoms with Gasteiger partial charge in [0, 0.05) is 12.7 Å². The van der Waals surface area contributed by atoms with E-state index in [0.717, 1.165) is 18.0 Å². The number of alkyl halides is 3. The Kier molecular flexibility index (Phi) is 3.90. The van der Waals surface area contributed by atoms with E-state index in [1.165, 1.54) is 4.68 Å². The Morgan fingerprint density at radius 3 is 2.47 bits per heavy atom. The molecule has 0 fully saturated rings. The number of benzene rings is 1. The molecular weight excluding hydrogens is 257 g/mol. The van der Waals surface area contributed by atoms with Crippen LogP contribution in [-0.4, -0.2) is 14.9 Å². The summed E-state index contributed by atoms with van der Waals surface area (Å²) in [6, 6.07) is 8.98. The Morgan fingerprint density at radius 1 is 1.21 bits per heavy atom. The molecule has 0 amide bonds. The van der Waals surface area contributed by atoms with Crippen LogP contribution in [0.15, 0.2) is 42.7 Å². The summed E-state index contributed by atoms with van der Waals surface area (Å²) in [5.74, 6) is 0. The summed E-state index contributed by atoms with van der Waals surface area (Å²) in [5, 5.41) is 13.5. The fourth-order valence-corrected chi connectivity index (χ4v) is 1.73. The van der Waals surface area contributed by atoms with Gasteiger partial charge in [-0.15, -0.1) is 0 Å². The van der Waals surface area contributed by atoms with Crippen LogP contribution in [0.5, 0.6) is 0 Å². The summed E-state index contributed by atoms with van der Waals surface area (Å²) in [7, 11) is 0. The predicted octanol–water partition coefficient (Wildman–Crippen LogP) is 3.03. The van der Waals surface area contributed by atoms with Gasteiger partial charge in [-0.25, -0.2) is 0 Å². The lowest BCUT2D eigenvalue weighted by Crippen LogP contribution is -2.06. The third-order valence-electron chi connectivity index (χ3n) is 2.78. The molecule has 0 bridgehead atoms. The molecule has 19 heavy (non-hydrogen) atoms. The number of hydrogen-bond donors (Lipinski definition) is 1. The minimum Gasteiger partial charge on any atom is -0.388 e. The first-order valence-corrected chi connectivity index (χ1v) is 5.79. The number of nitrogens with zero attached hydrogens (tertiary/aromatic N) is 2. The van der Waals surface area contributed by atoms with E-state index in [1.807, 2.05) is 6.07 Å². The Labute approximate surface area is 108 Å². The number of aromatic nitrogens is 2. The maximum atomic E-state index is 12.4. The highest BCUT2D eigenvalue weighted by Crippen LogP contribution is 2.28. The average molecular weight is 270 g/mol. The van der Waals surface area contributed by atoms with Crippen LogP contribution in [0, 0.1) is 0 Å². The van der Waals surface area contributed by atoms with Crippen LogP contribution < -0.4 is 0 Å². The van der Waals surface area contributed by atoms with Crippen molar-refractivity contribution in [1.82, 2.24) is 9.78 Å². The number of aliphatic hydroxyl groups is 1. The molecule has 0 aliphatic heterocycles. The standard InChI is InChI=1S/C13H13F3N2O/c14-13(15,16)11-8-17-18(9-11)7-6-12(19)10-4-2-1-3-5-10/h1-5,8-9,12,19H,6-7H2. The van der Waals surface area contributed by atoms with Crippen LogP contribution in [0.25, 0.3) is 0 Å². The van der Waals surface area contributed by atoms with Gasteiger partial charge in [-0.05, 0) is 12.0 Å². The summed E-state index contributed by atoms with van der Waals surface area (Å²) in [4.78, 5) is 0. The van der Waals surface area contributed by atoms with Gasteiger partial charge >= 0.3 is 6.18 Å². The average Bonchev–Trinajstić information content (AvgIpc) is 2.86. The molecule has 1 heterocycles. The summed E-state index contributed by atoms with van der Waals surface area (Å²) in [5.41, 5.74) is -0.0348. The van der Waals surface area contributed by atoms with E-state index in [-0.39, 0.29) is 6.54 Å². The first-order chi connectivity index (χ1) is 8.97. The Morgan fingerprint density at radius 2 is 1.89 bits per heavy atom.